The molecule has 94 valence electrons. The lowest BCUT2D eigenvalue weighted by atomic mass is 10.1. The Bertz CT molecular complexity index is 379. The van der Waals surface area contributed by atoms with Gasteiger partial charge in [-0.25, -0.2) is 0 Å². The maximum Gasteiger partial charge on any atom is 0.123 e. The first kappa shape index (κ1) is 13.6. The van der Waals surface area contributed by atoms with Gasteiger partial charge >= 0.3 is 0 Å². The Morgan fingerprint density at radius 2 is 1.82 bits per heavy atom. The van der Waals surface area contributed by atoms with Crippen molar-refractivity contribution in [3.63, 3.8) is 0 Å². The molecule has 1 aromatic carbocycles. The van der Waals surface area contributed by atoms with Gasteiger partial charge in [-0.15, -0.1) is 0 Å². The molecule has 3 heteroatoms. The van der Waals surface area contributed by atoms with Crippen LogP contribution in [0.5, 0.6) is 0 Å². The predicted molar refractivity (Wildman–Crippen MR) is 75.0 cm³/mol. The van der Waals surface area contributed by atoms with Crippen molar-refractivity contribution < 1.29 is 0 Å². The maximum absolute atomic E-state index is 7.48. The number of hydrogen-bond acceptors (Lipinski definition) is 2. The number of anilines is 1. The third-order valence-electron chi connectivity index (χ3n) is 2.85. The van der Waals surface area contributed by atoms with Crippen LogP contribution in [0.4, 0.5) is 5.69 Å². The molecule has 3 N–H and O–H groups in total. The molecule has 0 unspecified atom stereocenters. The monoisotopic (exact) mass is 233 g/mol. The normalized spacial score (nSPS) is 10.3. The lowest BCUT2D eigenvalue weighted by molar-refractivity contribution is 0.744. The van der Waals surface area contributed by atoms with Crippen LogP contribution in [0.3, 0.4) is 0 Å². The molecule has 1 aromatic rings. The summed E-state index contributed by atoms with van der Waals surface area (Å²) in [6, 6.07) is 6.14. The van der Waals surface area contributed by atoms with Gasteiger partial charge in [0.15, 0.2) is 0 Å². The van der Waals surface area contributed by atoms with E-state index in [1.165, 1.54) is 5.69 Å². The van der Waals surface area contributed by atoms with E-state index in [0.29, 0.717) is 0 Å². The number of nitrogen functional groups attached to an aromatic ring is 1. The molecular formula is C14H23N3. The van der Waals surface area contributed by atoms with Crippen molar-refractivity contribution in [1.29, 1.82) is 5.41 Å². The van der Waals surface area contributed by atoms with Gasteiger partial charge in [-0.2, -0.15) is 0 Å². The van der Waals surface area contributed by atoms with Gasteiger partial charge in [-0.05, 0) is 43.5 Å². The zero-order valence-electron chi connectivity index (χ0n) is 11.1. The Morgan fingerprint density at radius 3 is 2.24 bits per heavy atom. The fourth-order valence-corrected chi connectivity index (χ4v) is 2.06. The average molecular weight is 233 g/mol. The van der Waals surface area contributed by atoms with E-state index in [1.54, 1.807) is 0 Å². The number of rotatable bonds is 6. The van der Waals surface area contributed by atoms with Gasteiger partial charge < -0.3 is 10.6 Å². The minimum absolute atomic E-state index is 0.145. The van der Waals surface area contributed by atoms with Crippen LogP contribution in [0.15, 0.2) is 18.2 Å². The van der Waals surface area contributed by atoms with E-state index in [4.69, 9.17) is 11.1 Å². The fraction of sp³-hybridized carbons (Fsp3) is 0.500. The highest BCUT2D eigenvalue weighted by atomic mass is 15.1. The van der Waals surface area contributed by atoms with Gasteiger partial charge in [-0.1, -0.05) is 13.8 Å². The van der Waals surface area contributed by atoms with Crippen molar-refractivity contribution in [1.82, 2.24) is 0 Å². The second kappa shape index (κ2) is 6.28. The van der Waals surface area contributed by atoms with Gasteiger partial charge in [0.25, 0.3) is 0 Å². The highest BCUT2D eigenvalue weighted by molar-refractivity contribution is 5.96. The topological polar surface area (TPSA) is 53.1 Å². The first-order valence-corrected chi connectivity index (χ1v) is 6.30. The molecule has 0 bridgehead atoms. The quantitative estimate of drug-likeness (QED) is 0.586. The summed E-state index contributed by atoms with van der Waals surface area (Å²) in [6.07, 6.45) is 2.29. The fourth-order valence-electron chi connectivity index (χ4n) is 2.06. The molecule has 3 nitrogen and oxygen atoms in total. The second-order valence-corrected chi connectivity index (χ2v) is 4.40. The van der Waals surface area contributed by atoms with E-state index < -0.39 is 0 Å². The predicted octanol–water partition coefficient (Wildman–Crippen LogP) is 2.91. The summed E-state index contributed by atoms with van der Waals surface area (Å²) in [5.41, 5.74) is 8.67. The van der Waals surface area contributed by atoms with Gasteiger partial charge in [0.2, 0.25) is 0 Å². The minimum atomic E-state index is 0.145. The standard InChI is InChI=1S/C14H23N3/c1-4-8-17(9-5-2)12-6-7-13(14(15)16)11(3)10-12/h6-7,10H,4-5,8-9H2,1-3H3,(H3,15,16). The van der Waals surface area contributed by atoms with Gasteiger partial charge in [-0.3, -0.25) is 5.41 Å². The second-order valence-electron chi connectivity index (χ2n) is 4.40. The molecule has 0 aromatic heterocycles. The summed E-state index contributed by atoms with van der Waals surface area (Å²) in [4.78, 5) is 2.39. The summed E-state index contributed by atoms with van der Waals surface area (Å²) < 4.78 is 0. The summed E-state index contributed by atoms with van der Waals surface area (Å²) in [5.74, 6) is 0.145. The number of nitrogens with zero attached hydrogens (tertiary/aromatic N) is 1. The van der Waals surface area contributed by atoms with Gasteiger partial charge in [0.1, 0.15) is 5.84 Å². The summed E-state index contributed by atoms with van der Waals surface area (Å²) in [7, 11) is 0. The molecular weight excluding hydrogens is 210 g/mol. The molecule has 0 fully saturated rings. The van der Waals surface area contributed by atoms with Gasteiger partial charge in [0.05, 0.1) is 0 Å². The lowest BCUT2D eigenvalue weighted by Crippen LogP contribution is -2.25. The first-order valence-electron chi connectivity index (χ1n) is 6.30. The molecule has 0 amide bonds. The Hall–Kier alpha value is -1.51. The van der Waals surface area contributed by atoms with E-state index in [1.807, 2.05) is 13.0 Å². The lowest BCUT2D eigenvalue weighted by Gasteiger charge is -2.24. The van der Waals surface area contributed by atoms with Crippen molar-refractivity contribution in [2.24, 2.45) is 5.73 Å². The van der Waals surface area contributed by atoms with Crippen LogP contribution in [0.1, 0.15) is 37.8 Å². The third-order valence-corrected chi connectivity index (χ3v) is 2.85. The Morgan fingerprint density at radius 1 is 1.24 bits per heavy atom. The van der Waals surface area contributed by atoms with Crippen LogP contribution in [-0.2, 0) is 0 Å². The Balaban J connectivity index is 2.97. The summed E-state index contributed by atoms with van der Waals surface area (Å²) in [5, 5.41) is 7.48. The van der Waals surface area contributed by atoms with Crippen LogP contribution in [0.25, 0.3) is 0 Å². The first-order chi connectivity index (χ1) is 8.10. The molecule has 0 saturated heterocycles. The van der Waals surface area contributed by atoms with Crippen molar-refractivity contribution >= 4 is 11.5 Å². The maximum atomic E-state index is 7.48. The minimum Gasteiger partial charge on any atom is -0.384 e. The largest absolute Gasteiger partial charge is 0.384 e. The Labute approximate surface area is 104 Å². The number of aryl methyl sites for hydroxylation is 1. The zero-order valence-corrected chi connectivity index (χ0v) is 11.1. The average Bonchev–Trinajstić information content (AvgIpc) is 2.28. The smallest absolute Gasteiger partial charge is 0.123 e. The van der Waals surface area contributed by atoms with Crippen LogP contribution >= 0.6 is 0 Å². The van der Waals surface area contributed by atoms with E-state index in [9.17, 15) is 0 Å². The molecule has 17 heavy (non-hydrogen) atoms. The molecule has 0 aliphatic carbocycles. The number of amidine groups is 1. The molecule has 0 aliphatic heterocycles. The highest BCUT2D eigenvalue weighted by Crippen LogP contribution is 2.19. The van der Waals surface area contributed by atoms with Crippen LogP contribution < -0.4 is 10.6 Å². The van der Waals surface area contributed by atoms with E-state index in [0.717, 1.165) is 37.1 Å². The molecule has 0 saturated carbocycles. The number of nitrogens with one attached hydrogen (secondary N) is 1. The molecule has 0 heterocycles. The molecule has 0 atom stereocenters. The van der Waals surface area contributed by atoms with Crippen LogP contribution in [-0.4, -0.2) is 18.9 Å². The third kappa shape index (κ3) is 3.48. The van der Waals surface area contributed by atoms with Crippen molar-refractivity contribution in [3.8, 4) is 0 Å². The Kier molecular flexibility index (Phi) is 5.01. The van der Waals surface area contributed by atoms with Crippen LogP contribution in [0, 0.1) is 12.3 Å². The SMILES string of the molecule is CCCN(CCC)c1ccc(C(=N)N)c(C)c1. The number of benzene rings is 1. The van der Waals surface area contributed by atoms with Crippen molar-refractivity contribution in [2.75, 3.05) is 18.0 Å². The molecule has 0 spiro atoms. The number of hydrogen-bond donors (Lipinski definition) is 2. The van der Waals surface area contributed by atoms with Gasteiger partial charge in [0, 0.05) is 24.3 Å². The van der Waals surface area contributed by atoms with E-state index in [-0.39, 0.29) is 5.84 Å². The summed E-state index contributed by atoms with van der Waals surface area (Å²) in [6.45, 7) is 8.55. The van der Waals surface area contributed by atoms with E-state index in [2.05, 4.69) is 30.9 Å². The number of nitrogens with two attached hydrogens (primary N) is 1. The van der Waals surface area contributed by atoms with Crippen molar-refractivity contribution in [2.45, 2.75) is 33.6 Å². The van der Waals surface area contributed by atoms with Crippen LogP contribution in [0.2, 0.25) is 0 Å². The van der Waals surface area contributed by atoms with Crippen molar-refractivity contribution in [3.05, 3.63) is 29.3 Å². The highest BCUT2D eigenvalue weighted by Gasteiger charge is 2.07. The molecule has 0 aliphatic rings. The molecule has 0 radical (unpaired) electrons. The molecule has 1 rings (SSSR count). The zero-order chi connectivity index (χ0) is 12.8. The summed E-state index contributed by atoms with van der Waals surface area (Å²) >= 11 is 0. The van der Waals surface area contributed by atoms with E-state index >= 15 is 0 Å².